The van der Waals surface area contributed by atoms with E-state index in [-0.39, 0.29) is 17.2 Å². The summed E-state index contributed by atoms with van der Waals surface area (Å²) in [4.78, 5) is 20.6. The Hall–Kier alpha value is -1.10. The van der Waals surface area contributed by atoms with E-state index >= 15 is 0 Å². The van der Waals surface area contributed by atoms with Crippen LogP contribution < -0.4 is 5.32 Å². The Morgan fingerprint density at radius 3 is 2.06 bits per heavy atom. The first kappa shape index (κ1) is 15.0. The van der Waals surface area contributed by atoms with Crippen LogP contribution in [0.15, 0.2) is 5.16 Å². The number of amides is 1. The van der Waals surface area contributed by atoms with Crippen LogP contribution in [0.1, 0.15) is 37.7 Å². The molecular weight excluding hydrogens is 246 g/mol. The van der Waals surface area contributed by atoms with E-state index in [1.165, 1.54) is 11.8 Å². The van der Waals surface area contributed by atoms with Crippen molar-refractivity contribution in [3.05, 3.63) is 17.0 Å². The van der Waals surface area contributed by atoms with Gasteiger partial charge >= 0.3 is 0 Å². The molecule has 0 saturated carbocycles. The summed E-state index contributed by atoms with van der Waals surface area (Å²) in [6.45, 7) is 11.7. The van der Waals surface area contributed by atoms with Gasteiger partial charge in [-0.15, -0.1) is 0 Å². The second-order valence-electron chi connectivity index (χ2n) is 4.73. The number of rotatable bonds is 4. The van der Waals surface area contributed by atoms with Crippen molar-refractivity contribution < 1.29 is 4.79 Å². The molecular formula is C13H21N3OS. The van der Waals surface area contributed by atoms with Crippen LogP contribution >= 0.6 is 11.8 Å². The van der Waals surface area contributed by atoms with Gasteiger partial charge in [-0.1, -0.05) is 11.8 Å². The van der Waals surface area contributed by atoms with Crippen LogP contribution in [0.25, 0.3) is 0 Å². The Kier molecular flexibility index (Phi) is 5.14. The Balaban J connectivity index is 2.76. The zero-order chi connectivity index (χ0) is 13.9. The molecule has 0 saturated heterocycles. The molecule has 1 aromatic rings. The fourth-order valence-corrected chi connectivity index (χ4v) is 2.28. The normalized spacial score (nSPS) is 12.6. The number of thioether (sulfide) groups is 1. The number of carbonyl (C=O) groups is 1. The van der Waals surface area contributed by atoms with Crippen molar-refractivity contribution in [3.63, 3.8) is 0 Å². The van der Waals surface area contributed by atoms with Crippen LogP contribution in [0, 0.1) is 20.8 Å². The van der Waals surface area contributed by atoms with Gasteiger partial charge in [-0.05, 0) is 47.1 Å². The third-order valence-electron chi connectivity index (χ3n) is 2.69. The lowest BCUT2D eigenvalue weighted by molar-refractivity contribution is -0.120. The van der Waals surface area contributed by atoms with Gasteiger partial charge in [-0.2, -0.15) is 0 Å². The zero-order valence-corrected chi connectivity index (χ0v) is 12.7. The van der Waals surface area contributed by atoms with Crippen molar-refractivity contribution in [1.82, 2.24) is 15.3 Å². The molecule has 1 heterocycles. The quantitative estimate of drug-likeness (QED) is 0.672. The standard InChI is InChI=1S/C13H21N3OS/c1-7(2)14-12(17)11(6)18-13-15-9(4)8(3)10(5)16-13/h7,11H,1-6H3,(H,14,17)/t11-/m0/s1. The van der Waals surface area contributed by atoms with Gasteiger partial charge in [0.1, 0.15) is 0 Å². The summed E-state index contributed by atoms with van der Waals surface area (Å²) in [5.41, 5.74) is 3.06. The number of hydrogen-bond acceptors (Lipinski definition) is 4. The lowest BCUT2D eigenvalue weighted by Crippen LogP contribution is -2.36. The summed E-state index contributed by atoms with van der Waals surface area (Å²) in [6.07, 6.45) is 0. The van der Waals surface area contributed by atoms with Gasteiger partial charge in [0.15, 0.2) is 5.16 Å². The van der Waals surface area contributed by atoms with Crippen LogP contribution in [0.5, 0.6) is 0 Å². The number of nitrogens with one attached hydrogen (secondary N) is 1. The summed E-state index contributed by atoms with van der Waals surface area (Å²) in [5.74, 6) is 0.0227. The van der Waals surface area contributed by atoms with Crippen LogP contribution in [0.3, 0.4) is 0 Å². The summed E-state index contributed by atoms with van der Waals surface area (Å²) in [7, 11) is 0. The number of carbonyl (C=O) groups excluding carboxylic acids is 1. The largest absolute Gasteiger partial charge is 0.353 e. The van der Waals surface area contributed by atoms with Crippen molar-refractivity contribution in [2.24, 2.45) is 0 Å². The number of hydrogen-bond donors (Lipinski definition) is 1. The highest BCUT2D eigenvalue weighted by atomic mass is 32.2. The zero-order valence-electron chi connectivity index (χ0n) is 11.9. The molecule has 0 fully saturated rings. The van der Waals surface area contributed by atoms with Gasteiger partial charge in [0.25, 0.3) is 0 Å². The van der Waals surface area contributed by atoms with Gasteiger partial charge in [-0.25, -0.2) is 9.97 Å². The Labute approximate surface area is 113 Å². The van der Waals surface area contributed by atoms with E-state index in [4.69, 9.17) is 0 Å². The van der Waals surface area contributed by atoms with E-state index < -0.39 is 0 Å². The first-order chi connectivity index (χ1) is 8.31. The topological polar surface area (TPSA) is 54.9 Å². The van der Waals surface area contributed by atoms with Crippen molar-refractivity contribution in [2.75, 3.05) is 0 Å². The summed E-state index contributed by atoms with van der Waals surface area (Å²) >= 11 is 1.40. The van der Waals surface area contributed by atoms with E-state index in [1.807, 2.05) is 41.5 Å². The highest BCUT2D eigenvalue weighted by Gasteiger charge is 2.17. The first-order valence-corrected chi connectivity index (χ1v) is 6.98. The number of aromatic nitrogens is 2. The Morgan fingerprint density at radius 1 is 1.11 bits per heavy atom. The van der Waals surface area contributed by atoms with Crippen LogP contribution in [0.2, 0.25) is 0 Å². The Morgan fingerprint density at radius 2 is 1.61 bits per heavy atom. The van der Waals surface area contributed by atoms with Gasteiger partial charge in [0.05, 0.1) is 5.25 Å². The fraction of sp³-hybridized carbons (Fsp3) is 0.615. The van der Waals surface area contributed by atoms with E-state index in [2.05, 4.69) is 15.3 Å². The first-order valence-electron chi connectivity index (χ1n) is 6.10. The third kappa shape index (κ3) is 3.98. The Bertz CT molecular complexity index is 423. The molecule has 0 aliphatic heterocycles. The monoisotopic (exact) mass is 267 g/mol. The van der Waals surface area contributed by atoms with Gasteiger partial charge in [-0.3, -0.25) is 4.79 Å². The predicted molar refractivity (Wildman–Crippen MR) is 74.8 cm³/mol. The molecule has 0 radical (unpaired) electrons. The highest BCUT2D eigenvalue weighted by molar-refractivity contribution is 8.00. The van der Waals surface area contributed by atoms with Crippen molar-refractivity contribution in [3.8, 4) is 0 Å². The number of nitrogens with zero attached hydrogens (tertiary/aromatic N) is 2. The molecule has 1 rings (SSSR count). The van der Waals surface area contributed by atoms with E-state index in [1.54, 1.807) is 0 Å². The molecule has 0 aromatic carbocycles. The average molecular weight is 267 g/mol. The summed E-state index contributed by atoms with van der Waals surface area (Å²) < 4.78 is 0. The molecule has 0 bridgehead atoms. The second kappa shape index (κ2) is 6.18. The maximum Gasteiger partial charge on any atom is 0.233 e. The molecule has 1 N–H and O–H groups in total. The molecule has 18 heavy (non-hydrogen) atoms. The molecule has 0 aliphatic rings. The minimum atomic E-state index is -0.186. The molecule has 0 aliphatic carbocycles. The second-order valence-corrected chi connectivity index (χ2v) is 6.03. The summed E-state index contributed by atoms with van der Waals surface area (Å²) in [5, 5.41) is 3.37. The van der Waals surface area contributed by atoms with Crippen molar-refractivity contribution in [2.45, 2.75) is 58.0 Å². The smallest absolute Gasteiger partial charge is 0.233 e. The molecule has 1 atom stereocenters. The SMILES string of the molecule is Cc1nc(S[C@@H](C)C(=O)NC(C)C)nc(C)c1C. The van der Waals surface area contributed by atoms with Crippen molar-refractivity contribution >= 4 is 17.7 Å². The maximum absolute atomic E-state index is 11.8. The molecule has 0 spiro atoms. The van der Waals surface area contributed by atoms with Gasteiger partial charge in [0.2, 0.25) is 5.91 Å². The fourth-order valence-electron chi connectivity index (χ4n) is 1.41. The van der Waals surface area contributed by atoms with Gasteiger partial charge < -0.3 is 5.32 Å². The van der Waals surface area contributed by atoms with Gasteiger partial charge in [0, 0.05) is 17.4 Å². The minimum absolute atomic E-state index is 0.0227. The minimum Gasteiger partial charge on any atom is -0.353 e. The van der Waals surface area contributed by atoms with E-state index in [0.717, 1.165) is 17.0 Å². The molecule has 100 valence electrons. The number of aryl methyl sites for hydroxylation is 2. The molecule has 0 unspecified atom stereocenters. The predicted octanol–water partition coefficient (Wildman–Crippen LogP) is 2.41. The summed E-state index contributed by atoms with van der Waals surface area (Å²) in [6, 6.07) is 0.156. The van der Waals surface area contributed by atoms with E-state index in [0.29, 0.717) is 5.16 Å². The van der Waals surface area contributed by atoms with E-state index in [9.17, 15) is 4.79 Å². The maximum atomic E-state index is 11.8. The molecule has 1 amide bonds. The molecule has 4 nitrogen and oxygen atoms in total. The highest BCUT2D eigenvalue weighted by Crippen LogP contribution is 2.21. The molecule has 1 aromatic heterocycles. The van der Waals surface area contributed by atoms with Crippen LogP contribution in [0.4, 0.5) is 0 Å². The lowest BCUT2D eigenvalue weighted by Gasteiger charge is -2.14. The lowest BCUT2D eigenvalue weighted by atomic mass is 10.2. The average Bonchev–Trinajstić information content (AvgIpc) is 2.24. The van der Waals surface area contributed by atoms with Crippen LogP contribution in [-0.2, 0) is 4.79 Å². The van der Waals surface area contributed by atoms with Crippen LogP contribution in [-0.4, -0.2) is 27.2 Å². The van der Waals surface area contributed by atoms with Crippen molar-refractivity contribution in [1.29, 1.82) is 0 Å². The molecule has 5 heteroatoms. The third-order valence-corrected chi connectivity index (χ3v) is 3.66.